The third-order valence-electron chi connectivity index (χ3n) is 5.12. The third kappa shape index (κ3) is 3.11. The van der Waals surface area contributed by atoms with Crippen molar-refractivity contribution in [3.63, 3.8) is 0 Å². The number of pyridine rings is 2. The van der Waals surface area contributed by atoms with Crippen molar-refractivity contribution in [1.29, 1.82) is 5.26 Å². The Bertz CT molecular complexity index is 1490. The molecular weight excluding hydrogens is 395 g/mol. The fourth-order valence-electron chi connectivity index (χ4n) is 3.59. The van der Waals surface area contributed by atoms with E-state index in [0.29, 0.717) is 39.1 Å². The Morgan fingerprint density at radius 1 is 1.13 bits per heavy atom. The Morgan fingerprint density at radius 2 is 2.00 bits per heavy atom. The highest BCUT2D eigenvalue weighted by molar-refractivity contribution is 5.90. The normalized spacial score (nSPS) is 12.2. The van der Waals surface area contributed by atoms with Crippen LogP contribution in [-0.2, 0) is 0 Å². The van der Waals surface area contributed by atoms with Gasteiger partial charge in [-0.3, -0.25) is 15.1 Å². The molecule has 3 N–H and O–H groups in total. The SMILES string of the molecule is C[C@H](c1nc(N)c2c(C#N)[nH]nc2n1)c1nc2ccc(F)cc2cc1-c1ccccn1. The first kappa shape index (κ1) is 18.6. The van der Waals surface area contributed by atoms with Crippen LogP contribution >= 0.6 is 0 Å². The van der Waals surface area contributed by atoms with Gasteiger partial charge < -0.3 is 5.73 Å². The predicted molar refractivity (Wildman–Crippen MR) is 113 cm³/mol. The molecule has 8 nitrogen and oxygen atoms in total. The smallest absolute Gasteiger partial charge is 0.187 e. The maximum absolute atomic E-state index is 13.8. The molecule has 0 radical (unpaired) electrons. The van der Waals surface area contributed by atoms with Gasteiger partial charge in [0.05, 0.1) is 28.2 Å². The number of rotatable bonds is 3. The molecule has 1 atom stereocenters. The number of fused-ring (bicyclic) bond motifs is 2. The number of aromatic amines is 1. The molecule has 0 unspecified atom stereocenters. The topological polar surface area (TPSA) is 130 Å². The van der Waals surface area contributed by atoms with E-state index >= 15 is 0 Å². The first-order chi connectivity index (χ1) is 15.0. The van der Waals surface area contributed by atoms with Gasteiger partial charge in [-0.15, -0.1) is 0 Å². The van der Waals surface area contributed by atoms with Gasteiger partial charge in [-0.25, -0.2) is 14.4 Å². The molecule has 0 aliphatic rings. The quantitative estimate of drug-likeness (QED) is 0.464. The van der Waals surface area contributed by atoms with Crippen LogP contribution < -0.4 is 5.73 Å². The van der Waals surface area contributed by atoms with E-state index in [1.807, 2.05) is 37.3 Å². The van der Waals surface area contributed by atoms with E-state index in [1.165, 1.54) is 12.1 Å². The molecule has 5 rings (SSSR count). The number of halogens is 1. The fraction of sp³-hybridized carbons (Fsp3) is 0.0909. The first-order valence-corrected chi connectivity index (χ1v) is 9.48. The second kappa shape index (κ2) is 7.11. The molecule has 4 heterocycles. The van der Waals surface area contributed by atoms with Crippen LogP contribution in [0.3, 0.4) is 0 Å². The highest BCUT2D eigenvalue weighted by Crippen LogP contribution is 2.33. The van der Waals surface area contributed by atoms with Gasteiger partial charge in [0.25, 0.3) is 0 Å². The Morgan fingerprint density at radius 3 is 2.77 bits per heavy atom. The summed E-state index contributed by atoms with van der Waals surface area (Å²) < 4.78 is 13.8. The highest BCUT2D eigenvalue weighted by Gasteiger charge is 2.23. The fourth-order valence-corrected chi connectivity index (χ4v) is 3.59. The lowest BCUT2D eigenvalue weighted by Gasteiger charge is -2.16. The number of benzene rings is 1. The Hall–Kier alpha value is -4.45. The van der Waals surface area contributed by atoms with Crippen molar-refractivity contribution in [1.82, 2.24) is 30.1 Å². The van der Waals surface area contributed by atoms with Crippen molar-refractivity contribution >= 4 is 27.8 Å². The van der Waals surface area contributed by atoms with Gasteiger partial charge in [-0.05, 0) is 43.3 Å². The molecule has 0 fully saturated rings. The molecular formula is C22H15FN8. The number of anilines is 1. The van der Waals surface area contributed by atoms with Crippen molar-refractivity contribution in [2.24, 2.45) is 0 Å². The summed E-state index contributed by atoms with van der Waals surface area (Å²) in [6.45, 7) is 1.91. The average Bonchev–Trinajstić information content (AvgIpc) is 3.22. The maximum atomic E-state index is 13.8. The van der Waals surface area contributed by atoms with Crippen molar-refractivity contribution in [2.75, 3.05) is 5.73 Å². The van der Waals surface area contributed by atoms with Gasteiger partial charge in [0, 0.05) is 17.1 Å². The number of nitrogen functional groups attached to an aromatic ring is 1. The molecule has 0 saturated carbocycles. The number of hydrogen-bond acceptors (Lipinski definition) is 7. The summed E-state index contributed by atoms with van der Waals surface area (Å²) in [6, 6.07) is 13.9. The van der Waals surface area contributed by atoms with E-state index in [4.69, 9.17) is 10.7 Å². The molecule has 5 aromatic rings. The molecule has 0 saturated heterocycles. The Kier molecular flexibility index (Phi) is 4.26. The van der Waals surface area contributed by atoms with E-state index in [9.17, 15) is 9.65 Å². The van der Waals surface area contributed by atoms with Crippen LogP contribution in [0, 0.1) is 17.1 Å². The zero-order valence-corrected chi connectivity index (χ0v) is 16.3. The third-order valence-corrected chi connectivity index (χ3v) is 5.12. The van der Waals surface area contributed by atoms with Gasteiger partial charge in [0.15, 0.2) is 5.65 Å². The zero-order valence-electron chi connectivity index (χ0n) is 16.3. The average molecular weight is 410 g/mol. The minimum atomic E-state index is -0.375. The van der Waals surface area contributed by atoms with Crippen molar-refractivity contribution < 1.29 is 4.39 Å². The van der Waals surface area contributed by atoms with Crippen LogP contribution in [0.4, 0.5) is 10.2 Å². The number of nitrogens with two attached hydrogens (primary N) is 1. The molecule has 0 spiro atoms. The minimum absolute atomic E-state index is 0.166. The molecule has 0 bridgehead atoms. The summed E-state index contributed by atoms with van der Waals surface area (Å²) in [5.41, 5.74) is 9.40. The molecule has 0 amide bonds. The van der Waals surface area contributed by atoms with E-state index in [2.05, 4.69) is 25.1 Å². The molecule has 0 aliphatic carbocycles. The standard InChI is InChI=1S/C22H15FN8/c1-11(21-28-20(25)18-17(10-24)30-31-22(18)29-21)19-14(16-4-2-3-7-26-16)9-12-8-13(23)5-6-15(12)27-19/h2-9,11H,1H3,(H3,25,28,29,30,31)/t11-/m0/s1. The molecule has 4 aromatic heterocycles. The second-order valence-corrected chi connectivity index (χ2v) is 7.07. The summed E-state index contributed by atoms with van der Waals surface area (Å²) in [7, 11) is 0. The van der Waals surface area contributed by atoms with Crippen LogP contribution in [-0.4, -0.2) is 30.1 Å². The molecule has 0 aliphatic heterocycles. The van der Waals surface area contributed by atoms with E-state index in [0.717, 1.165) is 5.56 Å². The number of hydrogen-bond donors (Lipinski definition) is 2. The number of nitrogens with one attached hydrogen (secondary N) is 1. The molecule has 31 heavy (non-hydrogen) atoms. The Labute approximate surface area is 175 Å². The van der Waals surface area contributed by atoms with Gasteiger partial charge in [-0.1, -0.05) is 6.07 Å². The van der Waals surface area contributed by atoms with Crippen LogP contribution in [0.1, 0.15) is 30.1 Å². The van der Waals surface area contributed by atoms with Gasteiger partial charge in [0.1, 0.15) is 29.2 Å². The van der Waals surface area contributed by atoms with Crippen molar-refractivity contribution in [3.8, 4) is 17.3 Å². The summed E-state index contributed by atoms with van der Waals surface area (Å²) in [5, 5.41) is 17.0. The van der Waals surface area contributed by atoms with Crippen LogP contribution in [0.2, 0.25) is 0 Å². The first-order valence-electron chi connectivity index (χ1n) is 9.48. The number of H-pyrrole nitrogens is 1. The molecule has 150 valence electrons. The van der Waals surface area contributed by atoms with E-state index in [-0.39, 0.29) is 23.2 Å². The highest BCUT2D eigenvalue weighted by atomic mass is 19.1. The summed E-state index contributed by atoms with van der Waals surface area (Å²) in [5.74, 6) is -0.137. The van der Waals surface area contributed by atoms with Crippen LogP contribution in [0.15, 0.2) is 48.7 Å². The lowest BCUT2D eigenvalue weighted by molar-refractivity contribution is 0.629. The lowest BCUT2D eigenvalue weighted by atomic mass is 9.96. The molecule has 9 heteroatoms. The Balaban J connectivity index is 1.73. The lowest BCUT2D eigenvalue weighted by Crippen LogP contribution is -2.09. The van der Waals surface area contributed by atoms with Crippen LogP contribution in [0.5, 0.6) is 0 Å². The van der Waals surface area contributed by atoms with E-state index < -0.39 is 0 Å². The monoisotopic (exact) mass is 410 g/mol. The van der Waals surface area contributed by atoms with Gasteiger partial charge >= 0.3 is 0 Å². The maximum Gasteiger partial charge on any atom is 0.187 e. The second-order valence-electron chi connectivity index (χ2n) is 7.07. The van der Waals surface area contributed by atoms with Crippen molar-refractivity contribution in [2.45, 2.75) is 12.8 Å². The number of nitrogens with zero attached hydrogens (tertiary/aromatic N) is 6. The zero-order chi connectivity index (χ0) is 21.5. The number of aromatic nitrogens is 6. The van der Waals surface area contributed by atoms with Gasteiger partial charge in [-0.2, -0.15) is 10.4 Å². The van der Waals surface area contributed by atoms with Crippen molar-refractivity contribution in [3.05, 3.63) is 71.7 Å². The number of nitriles is 1. The van der Waals surface area contributed by atoms with Crippen LogP contribution in [0.25, 0.3) is 33.2 Å². The summed E-state index contributed by atoms with van der Waals surface area (Å²) >= 11 is 0. The molecule has 1 aromatic carbocycles. The summed E-state index contributed by atoms with van der Waals surface area (Å²) in [4.78, 5) is 18.2. The predicted octanol–water partition coefficient (Wildman–Crippen LogP) is 3.71. The largest absolute Gasteiger partial charge is 0.383 e. The summed E-state index contributed by atoms with van der Waals surface area (Å²) in [6.07, 6.45) is 1.69. The minimum Gasteiger partial charge on any atom is -0.383 e. The van der Waals surface area contributed by atoms with Gasteiger partial charge in [0.2, 0.25) is 0 Å². The van der Waals surface area contributed by atoms with E-state index in [1.54, 1.807) is 12.3 Å².